The predicted molar refractivity (Wildman–Crippen MR) is 57.6 cm³/mol. The van der Waals surface area contributed by atoms with Crippen LogP contribution in [0.4, 0.5) is 0 Å². The Labute approximate surface area is 97.2 Å². The number of carbonyl (C=O) groups excluding carboxylic acids is 1. The van der Waals surface area contributed by atoms with Crippen LogP contribution in [0, 0.1) is 0 Å². The fourth-order valence-electron chi connectivity index (χ4n) is 1.27. The molecule has 0 aliphatic heterocycles. The Morgan fingerprint density at radius 1 is 1.29 bits per heavy atom. The first-order chi connectivity index (χ1) is 8.24. The molecule has 0 aliphatic carbocycles. The van der Waals surface area contributed by atoms with Crippen molar-refractivity contribution < 1.29 is 18.7 Å². The first-order valence-corrected chi connectivity index (χ1v) is 4.81. The standard InChI is InChI=1S/C11H10N2O4/c1-15-8-5-3-4-7(6-8)9-12-13-10(17-9)11(14)16-2/h3-6H,1-2H3. The van der Waals surface area contributed by atoms with Crippen molar-refractivity contribution in [3.8, 4) is 17.2 Å². The van der Waals surface area contributed by atoms with Crippen LogP contribution >= 0.6 is 0 Å². The third-order valence-electron chi connectivity index (χ3n) is 2.10. The molecule has 0 aliphatic rings. The molecule has 2 aromatic rings. The van der Waals surface area contributed by atoms with E-state index in [2.05, 4.69) is 14.9 Å². The number of esters is 1. The van der Waals surface area contributed by atoms with Gasteiger partial charge >= 0.3 is 11.9 Å². The van der Waals surface area contributed by atoms with Crippen LogP contribution < -0.4 is 4.74 Å². The van der Waals surface area contributed by atoms with E-state index in [1.165, 1.54) is 7.11 Å². The lowest BCUT2D eigenvalue weighted by Gasteiger charge is -1.99. The average molecular weight is 234 g/mol. The number of nitrogens with zero attached hydrogens (tertiary/aromatic N) is 2. The van der Waals surface area contributed by atoms with Gasteiger partial charge in [0, 0.05) is 5.56 Å². The van der Waals surface area contributed by atoms with E-state index in [0.29, 0.717) is 11.3 Å². The van der Waals surface area contributed by atoms with Crippen LogP contribution in [0.15, 0.2) is 28.7 Å². The summed E-state index contributed by atoms with van der Waals surface area (Å²) in [6.45, 7) is 0. The van der Waals surface area contributed by atoms with Gasteiger partial charge in [0.15, 0.2) is 0 Å². The number of methoxy groups -OCH3 is 2. The lowest BCUT2D eigenvalue weighted by Crippen LogP contribution is -2.00. The Balaban J connectivity index is 2.33. The molecule has 17 heavy (non-hydrogen) atoms. The third-order valence-corrected chi connectivity index (χ3v) is 2.10. The molecule has 0 amide bonds. The van der Waals surface area contributed by atoms with E-state index >= 15 is 0 Å². The van der Waals surface area contributed by atoms with E-state index in [4.69, 9.17) is 9.15 Å². The van der Waals surface area contributed by atoms with Gasteiger partial charge in [0.05, 0.1) is 14.2 Å². The molecule has 0 spiro atoms. The number of rotatable bonds is 3. The molecule has 0 saturated carbocycles. The molecule has 0 radical (unpaired) electrons. The molecule has 2 rings (SSSR count). The van der Waals surface area contributed by atoms with Crippen LogP contribution in [0.25, 0.3) is 11.5 Å². The maximum atomic E-state index is 11.1. The highest BCUT2D eigenvalue weighted by Crippen LogP contribution is 2.22. The Morgan fingerprint density at radius 3 is 2.82 bits per heavy atom. The normalized spacial score (nSPS) is 10.0. The molecule has 88 valence electrons. The minimum absolute atomic E-state index is 0.176. The zero-order valence-electron chi connectivity index (χ0n) is 9.34. The van der Waals surface area contributed by atoms with Crippen molar-refractivity contribution in [2.45, 2.75) is 0 Å². The van der Waals surface area contributed by atoms with Gasteiger partial charge in [-0.1, -0.05) is 6.07 Å². The number of aromatic nitrogens is 2. The second-order valence-corrected chi connectivity index (χ2v) is 3.14. The molecular formula is C11H10N2O4. The summed E-state index contributed by atoms with van der Waals surface area (Å²) in [5, 5.41) is 7.34. The van der Waals surface area contributed by atoms with E-state index in [1.54, 1.807) is 31.4 Å². The topological polar surface area (TPSA) is 74.5 Å². The SMILES string of the molecule is COC(=O)c1nnc(-c2cccc(OC)c2)o1. The van der Waals surface area contributed by atoms with Gasteiger partial charge in [0.1, 0.15) is 5.75 Å². The summed E-state index contributed by atoms with van der Waals surface area (Å²) in [5.74, 6) is 0.0709. The highest BCUT2D eigenvalue weighted by atomic mass is 16.5. The zero-order valence-corrected chi connectivity index (χ0v) is 9.34. The molecule has 6 heteroatoms. The first-order valence-electron chi connectivity index (χ1n) is 4.81. The minimum atomic E-state index is -0.661. The van der Waals surface area contributed by atoms with Crippen molar-refractivity contribution in [2.75, 3.05) is 14.2 Å². The van der Waals surface area contributed by atoms with Crippen LogP contribution in [0.5, 0.6) is 5.75 Å². The summed E-state index contributed by atoms with van der Waals surface area (Å²) >= 11 is 0. The van der Waals surface area contributed by atoms with Gasteiger partial charge in [-0.2, -0.15) is 0 Å². The fraction of sp³-hybridized carbons (Fsp3) is 0.182. The molecule has 1 heterocycles. The Bertz CT molecular complexity index is 536. The number of ether oxygens (including phenoxy) is 2. The largest absolute Gasteiger partial charge is 0.497 e. The van der Waals surface area contributed by atoms with Gasteiger partial charge < -0.3 is 13.9 Å². The van der Waals surface area contributed by atoms with Crippen molar-refractivity contribution in [1.29, 1.82) is 0 Å². The van der Waals surface area contributed by atoms with Crippen molar-refractivity contribution in [3.05, 3.63) is 30.2 Å². The van der Waals surface area contributed by atoms with Crippen LogP contribution in [0.1, 0.15) is 10.7 Å². The van der Waals surface area contributed by atoms with Gasteiger partial charge in [0.25, 0.3) is 0 Å². The Morgan fingerprint density at radius 2 is 2.12 bits per heavy atom. The zero-order chi connectivity index (χ0) is 12.3. The number of carbonyl (C=O) groups is 1. The molecule has 0 bridgehead atoms. The monoisotopic (exact) mass is 234 g/mol. The Hall–Kier alpha value is -2.37. The Kier molecular flexibility index (Phi) is 3.04. The average Bonchev–Trinajstić information content (AvgIpc) is 2.87. The molecule has 1 aromatic heterocycles. The van der Waals surface area contributed by atoms with Gasteiger partial charge in [0.2, 0.25) is 5.89 Å². The van der Waals surface area contributed by atoms with E-state index in [1.807, 2.05) is 0 Å². The number of hydrogen-bond acceptors (Lipinski definition) is 6. The summed E-state index contributed by atoms with van der Waals surface area (Å²) in [4.78, 5) is 11.1. The molecule has 0 fully saturated rings. The molecule has 0 atom stereocenters. The van der Waals surface area contributed by atoms with E-state index in [0.717, 1.165) is 0 Å². The molecule has 0 saturated heterocycles. The maximum absolute atomic E-state index is 11.1. The van der Waals surface area contributed by atoms with Crippen molar-refractivity contribution in [3.63, 3.8) is 0 Å². The van der Waals surface area contributed by atoms with Crippen molar-refractivity contribution in [1.82, 2.24) is 10.2 Å². The molecule has 6 nitrogen and oxygen atoms in total. The van der Waals surface area contributed by atoms with E-state index < -0.39 is 5.97 Å². The van der Waals surface area contributed by atoms with Crippen molar-refractivity contribution >= 4 is 5.97 Å². The van der Waals surface area contributed by atoms with E-state index in [9.17, 15) is 4.79 Å². The minimum Gasteiger partial charge on any atom is -0.497 e. The summed E-state index contributed by atoms with van der Waals surface area (Å²) in [6, 6.07) is 7.09. The first kappa shape index (κ1) is 11.1. The smallest absolute Gasteiger partial charge is 0.396 e. The van der Waals surface area contributed by atoms with Gasteiger partial charge in [-0.3, -0.25) is 0 Å². The van der Waals surface area contributed by atoms with Crippen LogP contribution in [-0.2, 0) is 4.74 Å². The number of hydrogen-bond donors (Lipinski definition) is 0. The molecular weight excluding hydrogens is 224 g/mol. The lowest BCUT2D eigenvalue weighted by molar-refractivity contribution is 0.0556. The molecule has 1 aromatic carbocycles. The highest BCUT2D eigenvalue weighted by molar-refractivity contribution is 5.84. The third kappa shape index (κ3) is 2.25. The second kappa shape index (κ2) is 4.65. The van der Waals surface area contributed by atoms with E-state index in [-0.39, 0.29) is 11.8 Å². The predicted octanol–water partition coefficient (Wildman–Crippen LogP) is 1.53. The second-order valence-electron chi connectivity index (χ2n) is 3.14. The highest BCUT2D eigenvalue weighted by Gasteiger charge is 2.16. The van der Waals surface area contributed by atoms with Gasteiger partial charge in [-0.05, 0) is 18.2 Å². The molecule has 0 N–H and O–H groups in total. The summed E-state index contributed by atoms with van der Waals surface area (Å²) in [5.41, 5.74) is 0.673. The van der Waals surface area contributed by atoms with Crippen LogP contribution in [-0.4, -0.2) is 30.4 Å². The summed E-state index contributed by atoms with van der Waals surface area (Å²) in [7, 11) is 2.81. The summed E-state index contributed by atoms with van der Waals surface area (Å²) < 4.78 is 14.7. The number of benzene rings is 1. The van der Waals surface area contributed by atoms with Crippen molar-refractivity contribution in [2.24, 2.45) is 0 Å². The fourth-order valence-corrected chi connectivity index (χ4v) is 1.27. The lowest BCUT2D eigenvalue weighted by atomic mass is 10.2. The maximum Gasteiger partial charge on any atom is 0.396 e. The quantitative estimate of drug-likeness (QED) is 0.750. The summed E-state index contributed by atoms with van der Waals surface area (Å²) in [6.07, 6.45) is 0. The molecule has 0 unspecified atom stereocenters. The van der Waals surface area contributed by atoms with Crippen LogP contribution in [0.3, 0.4) is 0 Å². The van der Waals surface area contributed by atoms with Gasteiger partial charge in [-0.25, -0.2) is 4.79 Å². The van der Waals surface area contributed by atoms with Gasteiger partial charge in [-0.15, -0.1) is 10.2 Å². The van der Waals surface area contributed by atoms with Crippen LogP contribution in [0.2, 0.25) is 0 Å².